The van der Waals surface area contributed by atoms with Gasteiger partial charge in [-0.15, -0.1) is 0 Å². The maximum atomic E-state index is 5.49. The molecule has 3 rings (SSSR count). The number of ether oxygens (including phenoxy) is 2. The molecule has 2 aromatic carbocycles. The van der Waals surface area contributed by atoms with Crippen LogP contribution < -0.4 is 14.8 Å². The van der Waals surface area contributed by atoms with Crippen LogP contribution in [0.5, 0.6) is 11.5 Å². The summed E-state index contributed by atoms with van der Waals surface area (Å²) in [6.07, 6.45) is 0.972. The van der Waals surface area contributed by atoms with E-state index in [0.29, 0.717) is 6.79 Å². The highest BCUT2D eigenvalue weighted by molar-refractivity contribution is 5.45. The zero-order valence-electron chi connectivity index (χ0n) is 12.6. The van der Waals surface area contributed by atoms with E-state index < -0.39 is 0 Å². The minimum atomic E-state index is 0.283. The maximum absolute atomic E-state index is 5.49. The van der Waals surface area contributed by atoms with Gasteiger partial charge in [-0.05, 0) is 48.7 Å². The smallest absolute Gasteiger partial charge is 0.231 e. The normalized spacial score (nSPS) is 14.2. The number of hydrogen-bond acceptors (Lipinski definition) is 3. The molecule has 1 aliphatic rings. The van der Waals surface area contributed by atoms with Crippen LogP contribution in [0.2, 0.25) is 0 Å². The van der Waals surface area contributed by atoms with Crippen molar-refractivity contribution >= 4 is 0 Å². The zero-order chi connectivity index (χ0) is 14.7. The molecular weight excluding hydrogens is 262 g/mol. The number of nitrogens with one attached hydrogen (secondary N) is 1. The standard InChI is InChI=1S/C18H21NO2/c1-3-19-16(10-14-7-5-4-6-13(14)2)15-8-9-17-18(11-15)21-12-20-17/h4-9,11,16,19H,3,10,12H2,1-2H3. The molecule has 110 valence electrons. The Morgan fingerprint density at radius 2 is 1.90 bits per heavy atom. The lowest BCUT2D eigenvalue weighted by Gasteiger charge is -2.20. The summed E-state index contributed by atoms with van der Waals surface area (Å²) in [4.78, 5) is 0. The Balaban J connectivity index is 1.86. The van der Waals surface area contributed by atoms with Crippen LogP contribution in [0.3, 0.4) is 0 Å². The third-order valence-electron chi connectivity index (χ3n) is 3.93. The zero-order valence-corrected chi connectivity index (χ0v) is 12.6. The first kappa shape index (κ1) is 14.0. The highest BCUT2D eigenvalue weighted by Gasteiger charge is 2.18. The molecule has 0 aromatic heterocycles. The van der Waals surface area contributed by atoms with Gasteiger partial charge >= 0.3 is 0 Å². The van der Waals surface area contributed by atoms with Gasteiger partial charge in [0.05, 0.1) is 0 Å². The van der Waals surface area contributed by atoms with Crippen molar-refractivity contribution in [3.05, 3.63) is 59.2 Å². The van der Waals surface area contributed by atoms with E-state index in [9.17, 15) is 0 Å². The fourth-order valence-electron chi connectivity index (χ4n) is 2.74. The van der Waals surface area contributed by atoms with Crippen LogP contribution >= 0.6 is 0 Å². The van der Waals surface area contributed by atoms with E-state index >= 15 is 0 Å². The largest absolute Gasteiger partial charge is 0.454 e. The lowest BCUT2D eigenvalue weighted by molar-refractivity contribution is 0.174. The molecule has 1 heterocycles. The van der Waals surface area contributed by atoms with Crippen molar-refractivity contribution in [2.24, 2.45) is 0 Å². The quantitative estimate of drug-likeness (QED) is 0.909. The van der Waals surface area contributed by atoms with Gasteiger partial charge in [-0.25, -0.2) is 0 Å². The Kier molecular flexibility index (Phi) is 4.11. The van der Waals surface area contributed by atoms with E-state index in [1.807, 2.05) is 6.07 Å². The molecule has 0 radical (unpaired) electrons. The van der Waals surface area contributed by atoms with Gasteiger partial charge in [-0.1, -0.05) is 37.3 Å². The van der Waals surface area contributed by atoms with E-state index in [1.54, 1.807) is 0 Å². The molecule has 0 amide bonds. The fraction of sp³-hybridized carbons (Fsp3) is 0.333. The predicted molar refractivity (Wildman–Crippen MR) is 83.9 cm³/mol. The minimum Gasteiger partial charge on any atom is -0.454 e. The molecule has 1 aliphatic heterocycles. The van der Waals surface area contributed by atoms with Crippen LogP contribution in [0.25, 0.3) is 0 Å². The van der Waals surface area contributed by atoms with Crippen LogP contribution in [-0.4, -0.2) is 13.3 Å². The number of benzene rings is 2. The highest BCUT2D eigenvalue weighted by Crippen LogP contribution is 2.35. The molecular formula is C18H21NO2. The van der Waals surface area contributed by atoms with Gasteiger partial charge in [0.15, 0.2) is 11.5 Å². The molecule has 3 heteroatoms. The highest BCUT2D eigenvalue weighted by atomic mass is 16.7. The Morgan fingerprint density at radius 3 is 2.71 bits per heavy atom. The fourth-order valence-corrected chi connectivity index (χ4v) is 2.74. The molecule has 3 nitrogen and oxygen atoms in total. The summed E-state index contributed by atoms with van der Waals surface area (Å²) in [5.74, 6) is 1.69. The Labute approximate surface area is 125 Å². The average molecular weight is 283 g/mol. The summed E-state index contributed by atoms with van der Waals surface area (Å²) in [6.45, 7) is 5.56. The summed E-state index contributed by atoms with van der Waals surface area (Å²) in [7, 11) is 0. The molecule has 0 fully saturated rings. The molecule has 1 atom stereocenters. The van der Waals surface area contributed by atoms with Gasteiger partial charge in [-0.3, -0.25) is 0 Å². The van der Waals surface area contributed by atoms with Crippen LogP contribution in [-0.2, 0) is 6.42 Å². The SMILES string of the molecule is CCNC(Cc1ccccc1C)c1ccc2c(c1)OCO2. The van der Waals surface area contributed by atoms with Gasteiger partial charge in [0.25, 0.3) is 0 Å². The molecule has 1 N–H and O–H groups in total. The van der Waals surface area contributed by atoms with Gasteiger partial charge in [0, 0.05) is 6.04 Å². The van der Waals surface area contributed by atoms with Gasteiger partial charge < -0.3 is 14.8 Å². The molecule has 0 aliphatic carbocycles. The second kappa shape index (κ2) is 6.19. The number of fused-ring (bicyclic) bond motifs is 1. The Morgan fingerprint density at radius 1 is 1.10 bits per heavy atom. The van der Waals surface area contributed by atoms with Crippen LogP contribution in [0.4, 0.5) is 0 Å². The van der Waals surface area contributed by atoms with Crippen LogP contribution in [0.1, 0.15) is 29.7 Å². The molecule has 0 spiro atoms. The van der Waals surface area contributed by atoms with Crippen molar-refractivity contribution in [2.45, 2.75) is 26.3 Å². The van der Waals surface area contributed by atoms with Crippen LogP contribution in [0.15, 0.2) is 42.5 Å². The van der Waals surface area contributed by atoms with Crippen molar-refractivity contribution in [2.75, 3.05) is 13.3 Å². The first-order chi connectivity index (χ1) is 10.3. The van der Waals surface area contributed by atoms with E-state index in [0.717, 1.165) is 24.5 Å². The molecule has 0 saturated heterocycles. The van der Waals surface area contributed by atoms with Crippen molar-refractivity contribution in [3.63, 3.8) is 0 Å². The molecule has 0 bridgehead atoms. The van der Waals surface area contributed by atoms with Crippen molar-refractivity contribution in [3.8, 4) is 11.5 Å². The van der Waals surface area contributed by atoms with Gasteiger partial charge in [0.2, 0.25) is 6.79 Å². The van der Waals surface area contributed by atoms with E-state index in [2.05, 4.69) is 55.6 Å². The van der Waals surface area contributed by atoms with Crippen molar-refractivity contribution < 1.29 is 9.47 Å². The number of likely N-dealkylation sites (N-methyl/N-ethyl adjacent to an activating group) is 1. The summed E-state index contributed by atoms with van der Waals surface area (Å²) in [5, 5.41) is 3.57. The van der Waals surface area contributed by atoms with Gasteiger partial charge in [0.1, 0.15) is 0 Å². The Hall–Kier alpha value is -2.00. The third kappa shape index (κ3) is 3.03. The lowest BCUT2D eigenvalue weighted by Crippen LogP contribution is -2.23. The van der Waals surface area contributed by atoms with Crippen molar-refractivity contribution in [1.82, 2.24) is 5.32 Å². The maximum Gasteiger partial charge on any atom is 0.231 e. The second-order valence-corrected chi connectivity index (χ2v) is 5.35. The summed E-state index contributed by atoms with van der Waals surface area (Å²) in [6, 6.07) is 15.1. The first-order valence-electron chi connectivity index (χ1n) is 7.45. The number of rotatable bonds is 5. The summed E-state index contributed by atoms with van der Waals surface area (Å²) < 4.78 is 10.9. The van der Waals surface area contributed by atoms with E-state index in [1.165, 1.54) is 16.7 Å². The summed E-state index contributed by atoms with van der Waals surface area (Å²) in [5.41, 5.74) is 3.95. The molecule has 1 unspecified atom stereocenters. The predicted octanol–water partition coefficient (Wildman–Crippen LogP) is 3.62. The third-order valence-corrected chi connectivity index (χ3v) is 3.93. The molecule has 0 saturated carbocycles. The molecule has 21 heavy (non-hydrogen) atoms. The average Bonchev–Trinajstić information content (AvgIpc) is 2.96. The Bertz CT molecular complexity index is 624. The second-order valence-electron chi connectivity index (χ2n) is 5.35. The molecule has 2 aromatic rings. The van der Waals surface area contributed by atoms with Crippen LogP contribution in [0, 0.1) is 6.92 Å². The number of aryl methyl sites for hydroxylation is 1. The summed E-state index contributed by atoms with van der Waals surface area (Å²) >= 11 is 0. The monoisotopic (exact) mass is 283 g/mol. The van der Waals surface area contributed by atoms with E-state index in [-0.39, 0.29) is 6.04 Å². The number of hydrogen-bond donors (Lipinski definition) is 1. The topological polar surface area (TPSA) is 30.5 Å². The first-order valence-corrected chi connectivity index (χ1v) is 7.45. The van der Waals surface area contributed by atoms with E-state index in [4.69, 9.17) is 9.47 Å². The minimum absolute atomic E-state index is 0.283. The van der Waals surface area contributed by atoms with Crippen molar-refractivity contribution in [1.29, 1.82) is 0 Å². The van der Waals surface area contributed by atoms with Gasteiger partial charge in [-0.2, -0.15) is 0 Å². The lowest BCUT2D eigenvalue weighted by atomic mass is 9.96.